The predicted molar refractivity (Wildman–Crippen MR) is 84.5 cm³/mol. The number of halogens is 2. The Labute approximate surface area is 128 Å². The van der Waals surface area contributed by atoms with E-state index in [0.29, 0.717) is 10.0 Å². The van der Waals surface area contributed by atoms with E-state index >= 15 is 0 Å². The van der Waals surface area contributed by atoms with Gasteiger partial charge in [0.25, 0.3) is 0 Å². The number of nitrogens with zero attached hydrogens (tertiary/aromatic N) is 2. The number of rotatable bonds is 1. The fourth-order valence-electron chi connectivity index (χ4n) is 2.60. The van der Waals surface area contributed by atoms with Crippen LogP contribution >= 0.6 is 23.2 Å². The Bertz CT molecular complexity index is 668. The van der Waals surface area contributed by atoms with Crippen molar-refractivity contribution in [3.05, 3.63) is 39.5 Å². The number of anilines is 1. The summed E-state index contributed by atoms with van der Waals surface area (Å²) in [6.07, 6.45) is 1.01. The average molecular weight is 310 g/mol. The van der Waals surface area contributed by atoms with Crippen molar-refractivity contribution >= 4 is 29.0 Å². The van der Waals surface area contributed by atoms with E-state index in [1.807, 2.05) is 16.8 Å². The first kappa shape index (κ1) is 13.8. The van der Waals surface area contributed by atoms with Crippen LogP contribution in [-0.2, 0) is 11.8 Å². The van der Waals surface area contributed by atoms with E-state index in [9.17, 15) is 0 Å². The zero-order valence-electron chi connectivity index (χ0n) is 11.8. The first-order valence-electron chi connectivity index (χ1n) is 6.69. The average Bonchev–Trinajstić information content (AvgIpc) is 2.89. The molecule has 106 valence electrons. The van der Waals surface area contributed by atoms with Crippen molar-refractivity contribution in [3.63, 3.8) is 0 Å². The van der Waals surface area contributed by atoms with Crippen LogP contribution in [0.2, 0.25) is 10.0 Å². The van der Waals surface area contributed by atoms with Gasteiger partial charge in [0, 0.05) is 22.5 Å². The van der Waals surface area contributed by atoms with Crippen molar-refractivity contribution in [2.24, 2.45) is 0 Å². The molecule has 0 amide bonds. The molecular weight excluding hydrogens is 293 g/mol. The van der Waals surface area contributed by atoms with E-state index in [-0.39, 0.29) is 5.41 Å². The molecule has 2 heterocycles. The van der Waals surface area contributed by atoms with Crippen LogP contribution in [0, 0.1) is 0 Å². The van der Waals surface area contributed by atoms with E-state index in [4.69, 9.17) is 28.3 Å². The summed E-state index contributed by atoms with van der Waals surface area (Å²) in [5.41, 5.74) is 3.30. The summed E-state index contributed by atoms with van der Waals surface area (Å²) < 4.78 is 1.90. The zero-order valence-corrected chi connectivity index (χ0v) is 13.3. The first-order chi connectivity index (χ1) is 9.38. The summed E-state index contributed by atoms with van der Waals surface area (Å²) in [5, 5.41) is 9.44. The summed E-state index contributed by atoms with van der Waals surface area (Å²) in [6, 6.07) is 5.49. The number of nitrogens with one attached hydrogen (secondary N) is 1. The molecule has 3 nitrogen and oxygen atoms in total. The molecule has 0 radical (unpaired) electrons. The molecule has 0 fully saturated rings. The summed E-state index contributed by atoms with van der Waals surface area (Å²) in [4.78, 5) is 0. The maximum atomic E-state index is 6.32. The van der Waals surface area contributed by atoms with Gasteiger partial charge in [0.2, 0.25) is 0 Å². The van der Waals surface area contributed by atoms with Crippen LogP contribution in [0.25, 0.3) is 5.69 Å². The topological polar surface area (TPSA) is 29.9 Å². The summed E-state index contributed by atoms with van der Waals surface area (Å²) in [7, 11) is 0. The van der Waals surface area contributed by atoms with Gasteiger partial charge < -0.3 is 5.32 Å². The van der Waals surface area contributed by atoms with Crippen molar-refractivity contribution < 1.29 is 0 Å². The van der Waals surface area contributed by atoms with Crippen molar-refractivity contribution in [2.75, 3.05) is 11.9 Å². The maximum absolute atomic E-state index is 6.32. The van der Waals surface area contributed by atoms with Gasteiger partial charge in [0.05, 0.1) is 16.4 Å². The molecule has 0 spiro atoms. The Kier molecular flexibility index (Phi) is 3.22. The van der Waals surface area contributed by atoms with Gasteiger partial charge in [-0.25, -0.2) is 4.68 Å². The lowest BCUT2D eigenvalue weighted by atomic mass is 9.89. The monoisotopic (exact) mass is 309 g/mol. The highest BCUT2D eigenvalue weighted by molar-refractivity contribution is 6.35. The lowest BCUT2D eigenvalue weighted by Crippen LogP contribution is -2.15. The van der Waals surface area contributed by atoms with Crippen LogP contribution in [0.1, 0.15) is 32.0 Å². The van der Waals surface area contributed by atoms with Gasteiger partial charge in [-0.05, 0) is 24.6 Å². The lowest BCUT2D eigenvalue weighted by molar-refractivity contribution is 0.554. The van der Waals surface area contributed by atoms with Crippen LogP contribution in [0.15, 0.2) is 18.2 Å². The van der Waals surface area contributed by atoms with Gasteiger partial charge in [-0.15, -0.1) is 0 Å². The minimum atomic E-state index is 0.0141. The number of aromatic nitrogens is 2. The Hall–Kier alpha value is -1.19. The Morgan fingerprint density at radius 1 is 1.25 bits per heavy atom. The predicted octanol–water partition coefficient (Wildman–Crippen LogP) is 4.44. The molecule has 1 aliphatic heterocycles. The van der Waals surface area contributed by atoms with E-state index in [0.717, 1.165) is 30.2 Å². The second-order valence-electron chi connectivity index (χ2n) is 6.11. The van der Waals surface area contributed by atoms with Gasteiger partial charge in [0.15, 0.2) is 0 Å². The molecule has 3 rings (SSSR count). The number of hydrogen-bond acceptors (Lipinski definition) is 2. The zero-order chi connectivity index (χ0) is 14.5. The summed E-state index contributed by atoms with van der Waals surface area (Å²) in [5.74, 6) is 1.05. The molecule has 0 saturated carbocycles. The molecule has 0 aliphatic carbocycles. The Morgan fingerprint density at radius 2 is 2.00 bits per heavy atom. The SMILES string of the molecule is CC(C)(C)c1nn(-c2ccc(Cl)cc2Cl)c2c1CCN2. The Balaban J connectivity index is 2.20. The molecule has 0 saturated heterocycles. The van der Waals surface area contributed by atoms with Crippen molar-refractivity contribution in [1.82, 2.24) is 9.78 Å². The van der Waals surface area contributed by atoms with Crippen LogP contribution in [-0.4, -0.2) is 16.3 Å². The molecule has 0 atom stereocenters. The second-order valence-corrected chi connectivity index (χ2v) is 6.95. The third-order valence-corrected chi connectivity index (χ3v) is 4.04. The van der Waals surface area contributed by atoms with E-state index < -0.39 is 0 Å². The molecule has 1 N–H and O–H groups in total. The van der Waals surface area contributed by atoms with Gasteiger partial charge in [0.1, 0.15) is 5.82 Å². The molecule has 0 bridgehead atoms. The lowest BCUT2D eigenvalue weighted by Gasteiger charge is -2.16. The van der Waals surface area contributed by atoms with Crippen LogP contribution in [0.3, 0.4) is 0 Å². The van der Waals surface area contributed by atoms with Crippen LogP contribution in [0.4, 0.5) is 5.82 Å². The summed E-state index contributed by atoms with van der Waals surface area (Å²) >= 11 is 12.3. The fraction of sp³-hybridized carbons (Fsp3) is 0.400. The van der Waals surface area contributed by atoms with Crippen LogP contribution in [0.5, 0.6) is 0 Å². The molecule has 20 heavy (non-hydrogen) atoms. The molecule has 1 aromatic carbocycles. The third kappa shape index (κ3) is 2.19. The maximum Gasteiger partial charge on any atom is 0.133 e. The molecule has 1 aliphatic rings. The van der Waals surface area contributed by atoms with E-state index in [2.05, 4.69) is 26.1 Å². The highest BCUT2D eigenvalue weighted by Gasteiger charge is 2.30. The largest absolute Gasteiger partial charge is 0.369 e. The second kappa shape index (κ2) is 4.68. The fourth-order valence-corrected chi connectivity index (χ4v) is 3.09. The van der Waals surface area contributed by atoms with Crippen LogP contribution < -0.4 is 5.32 Å². The highest BCUT2D eigenvalue weighted by atomic mass is 35.5. The van der Waals surface area contributed by atoms with Crippen molar-refractivity contribution in [1.29, 1.82) is 0 Å². The normalized spacial score (nSPS) is 14.2. The first-order valence-corrected chi connectivity index (χ1v) is 7.45. The minimum Gasteiger partial charge on any atom is -0.369 e. The van der Waals surface area contributed by atoms with Gasteiger partial charge in [-0.2, -0.15) is 5.10 Å². The molecular formula is C15H17Cl2N3. The van der Waals surface area contributed by atoms with E-state index in [1.165, 1.54) is 5.56 Å². The van der Waals surface area contributed by atoms with Gasteiger partial charge in [-0.1, -0.05) is 44.0 Å². The number of benzene rings is 1. The van der Waals surface area contributed by atoms with Gasteiger partial charge in [-0.3, -0.25) is 0 Å². The molecule has 1 aromatic heterocycles. The molecule has 0 unspecified atom stereocenters. The smallest absolute Gasteiger partial charge is 0.133 e. The van der Waals surface area contributed by atoms with Crippen molar-refractivity contribution in [2.45, 2.75) is 32.6 Å². The Morgan fingerprint density at radius 3 is 2.65 bits per heavy atom. The quantitative estimate of drug-likeness (QED) is 0.843. The highest BCUT2D eigenvalue weighted by Crippen LogP contribution is 2.36. The molecule has 5 heteroatoms. The third-order valence-electron chi connectivity index (χ3n) is 3.50. The molecule has 2 aromatic rings. The van der Waals surface area contributed by atoms with E-state index in [1.54, 1.807) is 6.07 Å². The standard InChI is InChI=1S/C15H17Cl2N3/c1-15(2,3)13-10-6-7-18-14(10)20(19-13)12-5-4-9(16)8-11(12)17/h4-5,8,18H,6-7H2,1-3H3. The number of fused-ring (bicyclic) bond motifs is 1. The van der Waals surface area contributed by atoms with Gasteiger partial charge >= 0.3 is 0 Å². The number of hydrogen-bond donors (Lipinski definition) is 1. The summed E-state index contributed by atoms with van der Waals surface area (Å²) in [6.45, 7) is 7.49. The minimum absolute atomic E-state index is 0.0141. The van der Waals surface area contributed by atoms with Crippen molar-refractivity contribution in [3.8, 4) is 5.69 Å².